The first-order chi connectivity index (χ1) is 8.18. The number of halogens is 1. The summed E-state index contributed by atoms with van der Waals surface area (Å²) >= 11 is 5.93. The number of hydrogen-bond donors (Lipinski definition) is 1. The molecule has 2 N–H and O–H groups in total. The number of Topliss-reactive ketones (excluding diaryl/α,β-unsaturated/α-hetero) is 1. The van der Waals surface area contributed by atoms with E-state index >= 15 is 0 Å². The summed E-state index contributed by atoms with van der Waals surface area (Å²) in [5.74, 6) is -0.156. The number of nitrogen functional groups attached to an aromatic ring is 1. The highest BCUT2D eigenvalue weighted by atomic mass is 35.5. The predicted octanol–water partition coefficient (Wildman–Crippen LogP) is 2.14. The summed E-state index contributed by atoms with van der Waals surface area (Å²) < 4.78 is 0. The van der Waals surface area contributed by atoms with Gasteiger partial charge in [-0.2, -0.15) is 0 Å². The number of aromatic nitrogens is 2. The summed E-state index contributed by atoms with van der Waals surface area (Å²) in [6.45, 7) is 0. The number of anilines is 1. The highest BCUT2D eigenvalue weighted by Crippen LogP contribution is 2.17. The summed E-state index contributed by atoms with van der Waals surface area (Å²) in [5, 5.41) is 0.468. The lowest BCUT2D eigenvalue weighted by molar-refractivity contribution is 0.0989. The Hall–Kier alpha value is -1.94. The lowest BCUT2D eigenvalue weighted by atomic mass is 10.1. The molecule has 0 saturated heterocycles. The van der Waals surface area contributed by atoms with Crippen LogP contribution in [0.2, 0.25) is 5.02 Å². The van der Waals surface area contributed by atoms with E-state index in [1.165, 1.54) is 12.4 Å². The van der Waals surface area contributed by atoms with Gasteiger partial charge in [-0.1, -0.05) is 11.6 Å². The van der Waals surface area contributed by atoms with Crippen LogP contribution in [0.3, 0.4) is 0 Å². The van der Waals surface area contributed by atoms with Crippen molar-refractivity contribution in [2.45, 2.75) is 6.42 Å². The zero-order valence-electron chi connectivity index (χ0n) is 8.93. The number of ketones is 1. The average Bonchev–Trinajstić information content (AvgIpc) is 2.32. The minimum atomic E-state index is -0.156. The van der Waals surface area contributed by atoms with Crippen molar-refractivity contribution in [2.75, 3.05) is 5.73 Å². The van der Waals surface area contributed by atoms with Crippen molar-refractivity contribution < 1.29 is 4.79 Å². The Kier molecular flexibility index (Phi) is 3.35. The van der Waals surface area contributed by atoms with Crippen LogP contribution in [0.4, 0.5) is 5.69 Å². The molecule has 2 aromatic rings. The maximum absolute atomic E-state index is 12.0. The number of nitrogens with zero attached hydrogens (tertiary/aromatic N) is 2. The van der Waals surface area contributed by atoms with Crippen LogP contribution in [0.15, 0.2) is 36.8 Å². The minimum absolute atomic E-state index is 0.156. The topological polar surface area (TPSA) is 68.9 Å². The van der Waals surface area contributed by atoms with E-state index in [-0.39, 0.29) is 17.9 Å². The van der Waals surface area contributed by atoms with Crippen molar-refractivity contribution in [3.63, 3.8) is 0 Å². The first kappa shape index (κ1) is 11.5. The maximum atomic E-state index is 12.0. The second-order valence-electron chi connectivity index (χ2n) is 3.51. The second kappa shape index (κ2) is 4.93. The van der Waals surface area contributed by atoms with Crippen LogP contribution in [0.5, 0.6) is 0 Å². The van der Waals surface area contributed by atoms with Crippen LogP contribution in [0.1, 0.15) is 16.1 Å². The molecule has 0 aliphatic rings. The number of rotatable bonds is 3. The van der Waals surface area contributed by atoms with Crippen LogP contribution in [-0.4, -0.2) is 15.8 Å². The molecule has 0 bridgehead atoms. The quantitative estimate of drug-likeness (QED) is 0.844. The lowest BCUT2D eigenvalue weighted by Crippen LogP contribution is -2.09. The third-order valence-electron chi connectivity index (χ3n) is 2.31. The molecule has 4 nitrogen and oxygen atoms in total. The average molecular weight is 248 g/mol. The van der Waals surface area contributed by atoms with Crippen LogP contribution in [0, 0.1) is 0 Å². The molecule has 0 amide bonds. The van der Waals surface area contributed by atoms with Crippen molar-refractivity contribution in [3.05, 3.63) is 53.1 Å². The van der Waals surface area contributed by atoms with Crippen LogP contribution in [0.25, 0.3) is 0 Å². The summed E-state index contributed by atoms with van der Waals surface area (Å²) in [6, 6.07) is 5.04. The fraction of sp³-hybridized carbons (Fsp3) is 0.0833. The molecule has 0 aliphatic carbocycles. The number of carbonyl (C=O) groups is 1. The largest absolute Gasteiger partial charge is 0.397 e. The molecule has 0 fully saturated rings. The van der Waals surface area contributed by atoms with Gasteiger partial charge in [0, 0.05) is 25.0 Å². The van der Waals surface area contributed by atoms with Crippen LogP contribution >= 0.6 is 11.6 Å². The summed E-state index contributed by atoms with van der Waals surface area (Å²) in [7, 11) is 0. The molecule has 0 aliphatic heterocycles. The molecular formula is C12H10ClN3O. The molecule has 86 valence electrons. The standard InChI is InChI=1S/C12H10ClN3O/c13-9-7-15-5-3-8(9)6-11(17)12-10(14)2-1-4-16-12/h1-5,7H,6,14H2. The molecule has 0 saturated carbocycles. The minimum Gasteiger partial charge on any atom is -0.397 e. The van der Waals surface area contributed by atoms with E-state index in [2.05, 4.69) is 9.97 Å². The maximum Gasteiger partial charge on any atom is 0.187 e. The van der Waals surface area contributed by atoms with Gasteiger partial charge in [0.1, 0.15) is 5.69 Å². The van der Waals surface area contributed by atoms with Gasteiger partial charge in [0.05, 0.1) is 10.7 Å². The molecule has 0 unspecified atom stereocenters. The van der Waals surface area contributed by atoms with Crippen molar-refractivity contribution in [3.8, 4) is 0 Å². The van der Waals surface area contributed by atoms with Crippen LogP contribution < -0.4 is 5.73 Å². The SMILES string of the molecule is Nc1cccnc1C(=O)Cc1ccncc1Cl. The normalized spacial score (nSPS) is 10.2. The molecule has 0 radical (unpaired) electrons. The van der Waals surface area contributed by atoms with E-state index in [1.54, 1.807) is 24.4 Å². The highest BCUT2D eigenvalue weighted by Gasteiger charge is 2.13. The van der Waals surface area contributed by atoms with Crippen LogP contribution in [-0.2, 0) is 6.42 Å². The van der Waals surface area contributed by atoms with Gasteiger partial charge in [-0.05, 0) is 23.8 Å². The third kappa shape index (κ3) is 2.60. The summed E-state index contributed by atoms with van der Waals surface area (Å²) in [5.41, 5.74) is 7.06. The zero-order valence-corrected chi connectivity index (χ0v) is 9.69. The Labute approximate surface area is 103 Å². The molecule has 0 aromatic carbocycles. The van der Waals surface area contributed by atoms with Crippen molar-refractivity contribution in [2.24, 2.45) is 0 Å². The monoisotopic (exact) mass is 247 g/mol. The van der Waals surface area contributed by atoms with E-state index in [9.17, 15) is 4.79 Å². The molecule has 5 heteroatoms. The van der Waals surface area contributed by atoms with Gasteiger partial charge in [-0.15, -0.1) is 0 Å². The Bertz CT molecular complexity index is 557. The van der Waals surface area contributed by atoms with Gasteiger partial charge in [-0.25, -0.2) is 0 Å². The first-order valence-corrected chi connectivity index (χ1v) is 5.38. The Morgan fingerprint density at radius 2 is 2.18 bits per heavy atom. The van der Waals surface area contributed by atoms with E-state index in [1.807, 2.05) is 0 Å². The third-order valence-corrected chi connectivity index (χ3v) is 2.65. The first-order valence-electron chi connectivity index (χ1n) is 5.00. The molecule has 0 spiro atoms. The van der Waals surface area contributed by atoms with Crippen molar-refractivity contribution >= 4 is 23.1 Å². The Balaban J connectivity index is 2.24. The van der Waals surface area contributed by atoms with Gasteiger partial charge in [-0.3, -0.25) is 14.8 Å². The fourth-order valence-corrected chi connectivity index (χ4v) is 1.64. The summed E-state index contributed by atoms with van der Waals surface area (Å²) in [6.07, 6.45) is 4.81. The fourth-order valence-electron chi connectivity index (χ4n) is 1.45. The number of pyridine rings is 2. The van der Waals surface area contributed by atoms with E-state index in [0.717, 1.165) is 5.56 Å². The van der Waals surface area contributed by atoms with Crippen molar-refractivity contribution in [1.29, 1.82) is 0 Å². The van der Waals surface area contributed by atoms with E-state index < -0.39 is 0 Å². The van der Waals surface area contributed by atoms with Gasteiger partial charge in [0.2, 0.25) is 0 Å². The number of nitrogens with two attached hydrogens (primary N) is 1. The van der Waals surface area contributed by atoms with Crippen molar-refractivity contribution in [1.82, 2.24) is 9.97 Å². The molecule has 2 heterocycles. The van der Waals surface area contributed by atoms with Gasteiger partial charge < -0.3 is 5.73 Å². The number of hydrogen-bond acceptors (Lipinski definition) is 4. The van der Waals surface area contributed by atoms with Gasteiger partial charge in [0.15, 0.2) is 5.78 Å². The predicted molar refractivity (Wildman–Crippen MR) is 65.9 cm³/mol. The van der Waals surface area contributed by atoms with E-state index in [0.29, 0.717) is 10.7 Å². The van der Waals surface area contributed by atoms with Gasteiger partial charge >= 0.3 is 0 Å². The Morgan fingerprint density at radius 1 is 1.35 bits per heavy atom. The lowest BCUT2D eigenvalue weighted by Gasteiger charge is -2.04. The smallest absolute Gasteiger partial charge is 0.187 e. The molecule has 2 rings (SSSR count). The number of carbonyl (C=O) groups excluding carboxylic acids is 1. The molecular weight excluding hydrogens is 238 g/mol. The van der Waals surface area contributed by atoms with Gasteiger partial charge in [0.25, 0.3) is 0 Å². The summed E-state index contributed by atoms with van der Waals surface area (Å²) in [4.78, 5) is 19.8. The highest BCUT2D eigenvalue weighted by molar-refractivity contribution is 6.31. The van der Waals surface area contributed by atoms with E-state index in [4.69, 9.17) is 17.3 Å². The molecule has 2 aromatic heterocycles. The Morgan fingerprint density at radius 3 is 2.88 bits per heavy atom. The second-order valence-corrected chi connectivity index (χ2v) is 3.92. The molecule has 0 atom stereocenters. The molecule has 17 heavy (non-hydrogen) atoms. The zero-order chi connectivity index (χ0) is 12.3.